The summed E-state index contributed by atoms with van der Waals surface area (Å²) in [5, 5.41) is 0. The molecule has 0 fully saturated rings. The maximum Gasteiger partial charge on any atom is 0.149 e. The molecule has 0 aliphatic rings. The van der Waals surface area contributed by atoms with E-state index >= 15 is 0 Å². The van der Waals surface area contributed by atoms with E-state index < -0.39 is 11.6 Å². The number of halogens is 2. The van der Waals surface area contributed by atoms with Crippen molar-refractivity contribution >= 4 is 34.4 Å². The highest BCUT2D eigenvalue weighted by Gasteiger charge is 2.18. The first kappa shape index (κ1) is 17.2. The third kappa shape index (κ3) is 3.62. The van der Waals surface area contributed by atoms with Crippen LogP contribution in [-0.4, -0.2) is 18.9 Å². The molecule has 0 saturated carbocycles. The average molecular weight is 332 g/mol. The number of anilines is 1. The maximum absolute atomic E-state index is 14.0. The molecule has 0 aliphatic heterocycles. The Morgan fingerprint density at radius 3 is 2.39 bits per heavy atom. The molecule has 0 atom stereocenters. The third-order valence-corrected chi connectivity index (χ3v) is 3.83. The van der Waals surface area contributed by atoms with Gasteiger partial charge in [-0.05, 0) is 30.9 Å². The van der Waals surface area contributed by atoms with Gasteiger partial charge in [0.1, 0.15) is 17.3 Å². The summed E-state index contributed by atoms with van der Waals surface area (Å²) in [6.07, 6.45) is 1.91. The summed E-state index contributed by atoms with van der Waals surface area (Å²) in [4.78, 5) is 5.84. The van der Waals surface area contributed by atoms with Crippen LogP contribution in [0, 0.1) is 18.6 Å². The minimum Gasteiger partial charge on any atom is -0.340 e. The Hall–Kier alpha value is -2.14. The second-order valence-corrected chi connectivity index (χ2v) is 5.70. The first-order valence-corrected chi connectivity index (χ1v) is 8.28. The van der Waals surface area contributed by atoms with Gasteiger partial charge in [0.25, 0.3) is 0 Å². The highest BCUT2D eigenvalue weighted by Crippen LogP contribution is 2.34. The SMILES string of the molecule is C=C(c1cccc(C)c1N=CSC)N(C)c1c(F)cccc1F. The van der Waals surface area contributed by atoms with Crippen molar-refractivity contribution in [3.8, 4) is 0 Å². The Morgan fingerprint density at radius 2 is 1.78 bits per heavy atom. The van der Waals surface area contributed by atoms with Gasteiger partial charge in [0.05, 0.1) is 11.2 Å². The number of benzene rings is 2. The van der Waals surface area contributed by atoms with Crippen molar-refractivity contribution in [1.29, 1.82) is 0 Å². The molecule has 0 unspecified atom stereocenters. The van der Waals surface area contributed by atoms with E-state index in [9.17, 15) is 8.78 Å². The molecular weight excluding hydrogens is 314 g/mol. The fraction of sp³-hybridized carbons (Fsp3) is 0.167. The number of thioether (sulfide) groups is 1. The molecule has 2 rings (SSSR count). The number of nitrogens with zero attached hydrogens (tertiary/aromatic N) is 2. The largest absolute Gasteiger partial charge is 0.340 e. The van der Waals surface area contributed by atoms with Crippen molar-refractivity contribution in [3.63, 3.8) is 0 Å². The molecule has 0 heterocycles. The summed E-state index contributed by atoms with van der Waals surface area (Å²) in [5.74, 6) is -1.26. The van der Waals surface area contributed by atoms with Crippen LogP contribution in [0.1, 0.15) is 11.1 Å². The van der Waals surface area contributed by atoms with E-state index in [1.807, 2.05) is 31.4 Å². The Balaban J connectivity index is 2.49. The molecule has 0 N–H and O–H groups in total. The van der Waals surface area contributed by atoms with E-state index in [2.05, 4.69) is 11.6 Å². The molecule has 2 aromatic rings. The lowest BCUT2D eigenvalue weighted by molar-refractivity contribution is 0.584. The molecule has 0 aliphatic carbocycles. The molecule has 0 radical (unpaired) electrons. The monoisotopic (exact) mass is 332 g/mol. The van der Waals surface area contributed by atoms with Crippen LogP contribution in [-0.2, 0) is 0 Å². The van der Waals surface area contributed by atoms with Crippen LogP contribution >= 0.6 is 11.8 Å². The van der Waals surface area contributed by atoms with E-state index in [0.717, 1.165) is 16.8 Å². The van der Waals surface area contributed by atoms with E-state index in [-0.39, 0.29) is 5.69 Å². The van der Waals surface area contributed by atoms with Gasteiger partial charge in [-0.15, -0.1) is 11.8 Å². The van der Waals surface area contributed by atoms with Gasteiger partial charge in [-0.25, -0.2) is 13.8 Å². The fourth-order valence-electron chi connectivity index (χ4n) is 2.29. The summed E-state index contributed by atoms with van der Waals surface area (Å²) >= 11 is 1.48. The zero-order valence-corrected chi connectivity index (χ0v) is 14.1. The number of para-hydroxylation sites is 2. The third-order valence-electron chi connectivity index (χ3n) is 3.51. The predicted octanol–water partition coefficient (Wildman–Crippen LogP) is 5.40. The van der Waals surface area contributed by atoms with Crippen molar-refractivity contribution in [3.05, 3.63) is 65.7 Å². The minimum absolute atomic E-state index is 0.126. The van der Waals surface area contributed by atoms with E-state index in [0.29, 0.717) is 5.70 Å². The van der Waals surface area contributed by atoms with Gasteiger partial charge in [0, 0.05) is 18.3 Å². The number of aryl methyl sites for hydroxylation is 1. The number of hydrogen-bond donors (Lipinski definition) is 0. The van der Waals surface area contributed by atoms with Crippen LogP contribution in [0.25, 0.3) is 5.70 Å². The van der Waals surface area contributed by atoms with Gasteiger partial charge in [0.15, 0.2) is 0 Å². The van der Waals surface area contributed by atoms with Crippen LogP contribution < -0.4 is 4.90 Å². The standard InChI is InChI=1S/C18H18F2N2S/c1-12-7-5-8-14(17(12)21-11-23-4)13(2)22(3)18-15(19)9-6-10-16(18)20/h5-11H,2H2,1,3-4H3. The fourth-order valence-corrected chi connectivity index (χ4v) is 2.50. The lowest BCUT2D eigenvalue weighted by Gasteiger charge is -2.24. The van der Waals surface area contributed by atoms with Crippen molar-refractivity contribution in [1.82, 2.24) is 0 Å². The highest BCUT2D eigenvalue weighted by atomic mass is 32.2. The molecule has 2 aromatic carbocycles. The lowest BCUT2D eigenvalue weighted by atomic mass is 10.0. The van der Waals surface area contributed by atoms with Gasteiger partial charge in [-0.1, -0.05) is 30.8 Å². The van der Waals surface area contributed by atoms with Gasteiger partial charge in [-0.3, -0.25) is 0 Å². The molecule has 0 aromatic heterocycles. The van der Waals surface area contributed by atoms with Crippen LogP contribution in [0.2, 0.25) is 0 Å². The molecule has 0 saturated heterocycles. The highest BCUT2D eigenvalue weighted by molar-refractivity contribution is 8.11. The van der Waals surface area contributed by atoms with Crippen molar-refractivity contribution in [2.24, 2.45) is 4.99 Å². The van der Waals surface area contributed by atoms with Gasteiger partial charge in [0.2, 0.25) is 0 Å². The molecular formula is C18H18F2N2S. The summed E-state index contributed by atoms with van der Waals surface area (Å²) < 4.78 is 28.0. The lowest BCUT2D eigenvalue weighted by Crippen LogP contribution is -2.17. The Morgan fingerprint density at radius 1 is 1.17 bits per heavy atom. The maximum atomic E-state index is 14.0. The smallest absolute Gasteiger partial charge is 0.149 e. The second kappa shape index (κ2) is 7.42. The molecule has 2 nitrogen and oxygen atoms in total. The summed E-state index contributed by atoms with van der Waals surface area (Å²) in [7, 11) is 1.59. The Bertz CT molecular complexity index is 736. The first-order chi connectivity index (χ1) is 11.0. The summed E-state index contributed by atoms with van der Waals surface area (Å²) in [6.45, 7) is 5.94. The van der Waals surface area contributed by atoms with E-state index in [1.54, 1.807) is 12.6 Å². The van der Waals surface area contributed by atoms with E-state index in [1.165, 1.54) is 34.9 Å². The van der Waals surface area contributed by atoms with Gasteiger partial charge in [-0.2, -0.15) is 0 Å². The van der Waals surface area contributed by atoms with Crippen molar-refractivity contribution in [2.45, 2.75) is 6.92 Å². The van der Waals surface area contributed by atoms with Crippen molar-refractivity contribution in [2.75, 3.05) is 18.2 Å². The van der Waals surface area contributed by atoms with Crippen LogP contribution in [0.5, 0.6) is 0 Å². The van der Waals surface area contributed by atoms with Crippen LogP contribution in [0.3, 0.4) is 0 Å². The normalized spacial score (nSPS) is 11.0. The minimum atomic E-state index is -0.629. The Kier molecular flexibility index (Phi) is 5.55. The molecule has 0 spiro atoms. The molecule has 120 valence electrons. The first-order valence-electron chi connectivity index (χ1n) is 6.99. The van der Waals surface area contributed by atoms with Crippen molar-refractivity contribution < 1.29 is 8.78 Å². The molecule has 0 amide bonds. The van der Waals surface area contributed by atoms with Crippen LogP contribution in [0.4, 0.5) is 20.2 Å². The van der Waals surface area contributed by atoms with Gasteiger partial charge < -0.3 is 4.90 Å². The zero-order valence-electron chi connectivity index (χ0n) is 13.3. The summed E-state index contributed by atoms with van der Waals surface area (Å²) in [5.41, 5.74) is 4.53. The topological polar surface area (TPSA) is 15.6 Å². The van der Waals surface area contributed by atoms with E-state index in [4.69, 9.17) is 0 Å². The predicted molar refractivity (Wildman–Crippen MR) is 96.6 cm³/mol. The van der Waals surface area contributed by atoms with Crippen LogP contribution in [0.15, 0.2) is 48.0 Å². The molecule has 0 bridgehead atoms. The van der Waals surface area contributed by atoms with Gasteiger partial charge >= 0.3 is 0 Å². The molecule has 5 heteroatoms. The quantitative estimate of drug-likeness (QED) is 0.538. The number of hydrogen-bond acceptors (Lipinski definition) is 3. The molecule has 23 heavy (non-hydrogen) atoms. The second-order valence-electron chi connectivity index (χ2n) is 5.02. The summed E-state index contributed by atoms with van der Waals surface area (Å²) in [6, 6.07) is 9.45. The zero-order chi connectivity index (χ0) is 17.0. The number of aliphatic imine (C=N–C) groups is 1. The number of rotatable bonds is 5. The average Bonchev–Trinajstić information content (AvgIpc) is 2.52. The Labute approximate surface area is 139 Å².